The van der Waals surface area contributed by atoms with Crippen LogP contribution in [0.3, 0.4) is 0 Å². The van der Waals surface area contributed by atoms with Crippen LogP contribution in [0.25, 0.3) is 0 Å². The smallest absolute Gasteiger partial charge is 0.407 e. The van der Waals surface area contributed by atoms with Crippen LogP contribution in [-0.2, 0) is 14.3 Å². The Hall–Kier alpha value is -2.48. The van der Waals surface area contributed by atoms with Crippen molar-refractivity contribution < 1.29 is 19.1 Å². The van der Waals surface area contributed by atoms with Gasteiger partial charge in [-0.05, 0) is 37.5 Å². The van der Waals surface area contributed by atoms with Crippen molar-refractivity contribution in [2.24, 2.45) is 11.7 Å². The molecule has 0 aliphatic rings. The van der Waals surface area contributed by atoms with E-state index in [4.69, 9.17) is 32.2 Å². The highest BCUT2D eigenvalue weighted by Crippen LogP contribution is 2.27. The molecule has 1 aromatic carbocycles. The Labute approximate surface area is 177 Å². The lowest BCUT2D eigenvalue weighted by molar-refractivity contribution is -0.141. The van der Waals surface area contributed by atoms with Crippen LogP contribution in [0.4, 0.5) is 4.79 Å². The second-order valence-electron chi connectivity index (χ2n) is 7.33. The summed E-state index contributed by atoms with van der Waals surface area (Å²) in [5, 5.41) is 11.5. The maximum atomic E-state index is 12.1. The standard InChI is InChI=1S/C20H31ClN4O4/c1-12(2)16(24-20(27)29-13(3)4)11-25(19(22)23)17(10-18(26)28-5)14-6-8-15(21)9-7-14/h6-9,12-13,16-17H,10-11H2,1-5H3,(H3,22,23)(H,24,27). The lowest BCUT2D eigenvalue weighted by atomic mass is 9.98. The maximum Gasteiger partial charge on any atom is 0.407 e. The maximum absolute atomic E-state index is 12.1. The van der Waals surface area contributed by atoms with Gasteiger partial charge < -0.3 is 25.4 Å². The molecule has 0 heterocycles. The number of methoxy groups -OCH3 is 1. The Morgan fingerprint density at radius 1 is 1.21 bits per heavy atom. The van der Waals surface area contributed by atoms with E-state index in [9.17, 15) is 9.59 Å². The second kappa shape index (κ2) is 11.5. The fourth-order valence-corrected chi connectivity index (χ4v) is 2.89. The topological polar surface area (TPSA) is 118 Å². The molecule has 29 heavy (non-hydrogen) atoms. The first kappa shape index (κ1) is 24.6. The number of nitrogens with two attached hydrogens (primary N) is 1. The van der Waals surface area contributed by atoms with E-state index in [1.165, 1.54) is 7.11 Å². The molecule has 0 aromatic heterocycles. The predicted octanol–water partition coefficient (Wildman–Crippen LogP) is 3.30. The van der Waals surface area contributed by atoms with E-state index in [0.717, 1.165) is 5.56 Å². The molecule has 1 rings (SSSR count). The zero-order chi connectivity index (χ0) is 22.1. The van der Waals surface area contributed by atoms with E-state index < -0.39 is 18.1 Å². The number of alkyl carbamates (subject to hydrolysis) is 1. The molecule has 8 nitrogen and oxygen atoms in total. The van der Waals surface area contributed by atoms with Crippen LogP contribution in [0.1, 0.15) is 45.7 Å². The molecule has 0 saturated carbocycles. The number of nitrogens with one attached hydrogen (secondary N) is 2. The number of esters is 1. The minimum Gasteiger partial charge on any atom is -0.469 e. The molecule has 0 saturated heterocycles. The van der Waals surface area contributed by atoms with Crippen LogP contribution in [0.5, 0.6) is 0 Å². The number of hydrogen-bond acceptors (Lipinski definition) is 5. The highest BCUT2D eigenvalue weighted by molar-refractivity contribution is 6.30. The molecule has 0 spiro atoms. The molecule has 0 aliphatic carbocycles. The molecule has 1 amide bonds. The highest BCUT2D eigenvalue weighted by atomic mass is 35.5. The average molecular weight is 427 g/mol. The van der Waals surface area contributed by atoms with Crippen molar-refractivity contribution in [2.75, 3.05) is 13.7 Å². The molecule has 9 heteroatoms. The number of amides is 1. The van der Waals surface area contributed by atoms with Gasteiger partial charge >= 0.3 is 12.1 Å². The third-order valence-corrected chi connectivity index (χ3v) is 4.62. The zero-order valence-corrected chi connectivity index (χ0v) is 18.3. The van der Waals surface area contributed by atoms with Crippen LogP contribution < -0.4 is 11.1 Å². The van der Waals surface area contributed by atoms with Crippen LogP contribution in [0.2, 0.25) is 5.02 Å². The van der Waals surface area contributed by atoms with Gasteiger partial charge in [-0.3, -0.25) is 10.2 Å². The lowest BCUT2D eigenvalue weighted by Crippen LogP contribution is -2.51. The summed E-state index contributed by atoms with van der Waals surface area (Å²) in [5.74, 6) is -0.636. The number of nitrogens with zero attached hydrogens (tertiary/aromatic N) is 1. The van der Waals surface area contributed by atoms with E-state index in [1.807, 2.05) is 13.8 Å². The lowest BCUT2D eigenvalue weighted by Gasteiger charge is -2.36. The summed E-state index contributed by atoms with van der Waals surface area (Å²) in [6.07, 6.45) is -0.815. The van der Waals surface area contributed by atoms with Crippen LogP contribution >= 0.6 is 11.6 Å². The molecule has 4 N–H and O–H groups in total. The molecule has 0 bridgehead atoms. The van der Waals surface area contributed by atoms with Gasteiger partial charge in [0.1, 0.15) is 0 Å². The zero-order valence-electron chi connectivity index (χ0n) is 17.6. The van der Waals surface area contributed by atoms with Gasteiger partial charge in [0.25, 0.3) is 0 Å². The Morgan fingerprint density at radius 3 is 2.24 bits per heavy atom. The van der Waals surface area contributed by atoms with Gasteiger partial charge in [0.2, 0.25) is 0 Å². The molecule has 0 radical (unpaired) electrons. The first-order chi connectivity index (χ1) is 13.5. The number of benzene rings is 1. The number of rotatable bonds is 9. The van der Waals surface area contributed by atoms with Gasteiger partial charge in [-0.1, -0.05) is 37.6 Å². The van der Waals surface area contributed by atoms with E-state index in [1.54, 1.807) is 43.0 Å². The molecular weight excluding hydrogens is 396 g/mol. The first-order valence-corrected chi connectivity index (χ1v) is 9.83. The number of halogens is 1. The molecule has 2 unspecified atom stereocenters. The fourth-order valence-electron chi connectivity index (χ4n) is 2.76. The number of hydrogen-bond donors (Lipinski definition) is 3. The summed E-state index contributed by atoms with van der Waals surface area (Å²) in [6, 6.07) is 6.04. The summed E-state index contributed by atoms with van der Waals surface area (Å²) < 4.78 is 9.99. The Morgan fingerprint density at radius 2 is 1.79 bits per heavy atom. The minimum absolute atomic E-state index is 0.0149. The van der Waals surface area contributed by atoms with Crippen molar-refractivity contribution in [1.82, 2.24) is 10.2 Å². The van der Waals surface area contributed by atoms with Gasteiger partial charge in [-0.25, -0.2) is 4.79 Å². The molecule has 2 atom stereocenters. The van der Waals surface area contributed by atoms with Crippen molar-refractivity contribution in [2.45, 2.75) is 52.3 Å². The van der Waals surface area contributed by atoms with Crippen molar-refractivity contribution in [3.05, 3.63) is 34.9 Å². The van der Waals surface area contributed by atoms with Crippen molar-refractivity contribution in [1.29, 1.82) is 5.41 Å². The van der Waals surface area contributed by atoms with Crippen LogP contribution in [0.15, 0.2) is 24.3 Å². The van der Waals surface area contributed by atoms with Crippen molar-refractivity contribution in [3.8, 4) is 0 Å². The van der Waals surface area contributed by atoms with Gasteiger partial charge in [0, 0.05) is 11.6 Å². The quantitative estimate of drug-likeness (QED) is 0.317. The Kier molecular flexibility index (Phi) is 9.74. The van der Waals surface area contributed by atoms with Gasteiger partial charge in [-0.15, -0.1) is 0 Å². The summed E-state index contributed by atoms with van der Waals surface area (Å²) in [7, 11) is 1.31. The highest BCUT2D eigenvalue weighted by Gasteiger charge is 2.29. The van der Waals surface area contributed by atoms with Gasteiger partial charge in [-0.2, -0.15) is 0 Å². The van der Waals surface area contributed by atoms with E-state index in [-0.39, 0.29) is 37.0 Å². The van der Waals surface area contributed by atoms with Crippen molar-refractivity contribution >= 4 is 29.6 Å². The number of carbonyl (C=O) groups excluding carboxylic acids is 2. The second-order valence-corrected chi connectivity index (χ2v) is 7.77. The first-order valence-electron chi connectivity index (χ1n) is 9.45. The van der Waals surface area contributed by atoms with E-state index >= 15 is 0 Å². The number of carbonyl (C=O) groups is 2. The molecular formula is C20H31ClN4O4. The summed E-state index contributed by atoms with van der Waals surface area (Å²) in [4.78, 5) is 25.7. The Balaban J connectivity index is 3.17. The molecule has 162 valence electrons. The predicted molar refractivity (Wildman–Crippen MR) is 113 cm³/mol. The van der Waals surface area contributed by atoms with Gasteiger partial charge in [0.05, 0.1) is 31.7 Å². The van der Waals surface area contributed by atoms with Crippen LogP contribution in [-0.4, -0.2) is 48.7 Å². The fraction of sp³-hybridized carbons (Fsp3) is 0.550. The Bertz CT molecular complexity index is 694. The molecule has 0 aliphatic heterocycles. The SMILES string of the molecule is COC(=O)CC(c1ccc(Cl)cc1)N(CC(NC(=O)OC(C)C)C(C)C)C(=N)N. The summed E-state index contributed by atoms with van der Waals surface area (Å²) >= 11 is 5.98. The van der Waals surface area contributed by atoms with Crippen LogP contribution in [0, 0.1) is 11.3 Å². The monoisotopic (exact) mass is 426 g/mol. The third-order valence-electron chi connectivity index (χ3n) is 4.37. The summed E-state index contributed by atoms with van der Waals surface area (Å²) in [5.41, 5.74) is 6.62. The van der Waals surface area contributed by atoms with E-state index in [2.05, 4.69) is 5.32 Å². The average Bonchev–Trinajstić information content (AvgIpc) is 2.63. The number of ether oxygens (including phenoxy) is 2. The van der Waals surface area contributed by atoms with Gasteiger partial charge in [0.15, 0.2) is 5.96 Å². The number of guanidine groups is 1. The third kappa shape index (κ3) is 8.19. The normalized spacial score (nSPS) is 13.0. The summed E-state index contributed by atoms with van der Waals surface area (Å²) in [6.45, 7) is 7.62. The van der Waals surface area contributed by atoms with Crippen molar-refractivity contribution in [3.63, 3.8) is 0 Å². The molecule has 0 fully saturated rings. The minimum atomic E-state index is -0.554. The largest absolute Gasteiger partial charge is 0.469 e. The molecule has 1 aromatic rings. The van der Waals surface area contributed by atoms with E-state index in [0.29, 0.717) is 5.02 Å².